The number of hydrogen-bond donors (Lipinski definition) is 2. The van der Waals surface area contributed by atoms with Gasteiger partial charge in [0.25, 0.3) is 0 Å². The molecule has 3 atom stereocenters. The van der Waals surface area contributed by atoms with Crippen LogP contribution in [0.5, 0.6) is 0 Å². The van der Waals surface area contributed by atoms with Crippen molar-refractivity contribution in [1.29, 1.82) is 0 Å². The van der Waals surface area contributed by atoms with Crippen molar-refractivity contribution in [3.63, 3.8) is 0 Å². The fraction of sp³-hybridized carbons (Fsp3) is 0.217. The molecule has 128 valence electrons. The van der Waals surface area contributed by atoms with E-state index in [1.165, 1.54) is 0 Å². The second-order valence-electron chi connectivity index (χ2n) is 6.60. The highest BCUT2D eigenvalue weighted by Crippen LogP contribution is 2.40. The molecule has 3 aromatic carbocycles. The van der Waals surface area contributed by atoms with Crippen molar-refractivity contribution in [3.05, 3.63) is 108 Å². The van der Waals surface area contributed by atoms with E-state index in [1.54, 1.807) is 0 Å². The first-order valence-corrected chi connectivity index (χ1v) is 8.66. The van der Waals surface area contributed by atoms with Gasteiger partial charge in [0.1, 0.15) is 0 Å². The third-order valence-electron chi connectivity index (χ3n) is 4.96. The summed E-state index contributed by atoms with van der Waals surface area (Å²) in [5.41, 5.74) is 1.51. The summed E-state index contributed by atoms with van der Waals surface area (Å²) < 4.78 is 0. The molecule has 3 rings (SSSR count). The molecule has 2 heteroatoms. The first-order chi connectivity index (χ1) is 12.1. The molecule has 0 unspecified atom stereocenters. The zero-order chi connectivity index (χ0) is 17.7. The molecule has 0 aliphatic rings. The maximum absolute atomic E-state index is 11.7. The summed E-state index contributed by atoms with van der Waals surface area (Å²) in [5.74, 6) is -0.377. The molecule has 0 radical (unpaired) electrons. The number of benzene rings is 3. The molecular weight excluding hydrogens is 308 g/mol. The van der Waals surface area contributed by atoms with E-state index in [-0.39, 0.29) is 5.92 Å². The summed E-state index contributed by atoms with van der Waals surface area (Å²) in [5, 5.41) is 22.6. The minimum absolute atomic E-state index is 0.377. The van der Waals surface area contributed by atoms with Gasteiger partial charge in [0.05, 0.1) is 11.7 Å². The summed E-state index contributed by atoms with van der Waals surface area (Å²) in [7, 11) is 0. The Hall–Kier alpha value is -2.42. The normalized spacial score (nSPS) is 16.0. The predicted molar refractivity (Wildman–Crippen MR) is 101 cm³/mol. The summed E-state index contributed by atoms with van der Waals surface area (Å²) in [6, 6.07) is 29.1. The Morgan fingerprint density at radius 3 is 1.80 bits per heavy atom. The van der Waals surface area contributed by atoms with E-state index < -0.39 is 11.7 Å². The van der Waals surface area contributed by atoms with Crippen LogP contribution in [0.4, 0.5) is 0 Å². The SMILES string of the molecule is C[C@H]([C@@H](O)c1ccccc1)[C@@](O)(Cc1ccccc1)c1ccccc1. The molecular formula is C23H24O2. The van der Waals surface area contributed by atoms with Crippen molar-refractivity contribution in [2.45, 2.75) is 25.0 Å². The van der Waals surface area contributed by atoms with Crippen LogP contribution in [0.1, 0.15) is 29.7 Å². The standard InChI is InChI=1S/C23H24O2/c1-18(22(24)20-13-7-3-8-14-20)23(25,21-15-9-4-10-16-21)17-19-11-5-2-6-12-19/h2-16,18,22,24-25H,17H2,1H3/t18-,22-,23+/m1/s1. The van der Waals surface area contributed by atoms with Crippen LogP contribution < -0.4 is 0 Å². The molecule has 0 aliphatic heterocycles. The van der Waals surface area contributed by atoms with Crippen LogP contribution in [0.15, 0.2) is 91.0 Å². The molecule has 0 saturated carbocycles. The van der Waals surface area contributed by atoms with E-state index >= 15 is 0 Å². The van der Waals surface area contributed by atoms with Crippen LogP contribution in [-0.4, -0.2) is 10.2 Å². The highest BCUT2D eigenvalue weighted by molar-refractivity contribution is 5.29. The Kier molecular flexibility index (Phi) is 5.32. The Morgan fingerprint density at radius 2 is 1.24 bits per heavy atom. The smallest absolute Gasteiger partial charge is 0.0990 e. The van der Waals surface area contributed by atoms with E-state index in [4.69, 9.17) is 0 Å². The van der Waals surface area contributed by atoms with Crippen molar-refractivity contribution in [2.24, 2.45) is 5.92 Å². The van der Waals surface area contributed by atoms with Gasteiger partial charge in [-0.05, 0) is 16.7 Å². The fourth-order valence-corrected chi connectivity index (χ4v) is 3.36. The Labute approximate surface area is 149 Å². The Balaban J connectivity index is 1.98. The maximum atomic E-state index is 11.7. The average molecular weight is 332 g/mol. The first-order valence-electron chi connectivity index (χ1n) is 8.66. The van der Waals surface area contributed by atoms with Crippen molar-refractivity contribution >= 4 is 0 Å². The van der Waals surface area contributed by atoms with Gasteiger partial charge in [0.15, 0.2) is 0 Å². The van der Waals surface area contributed by atoms with E-state index in [0.717, 1.165) is 16.7 Å². The summed E-state index contributed by atoms with van der Waals surface area (Å²) in [4.78, 5) is 0. The fourth-order valence-electron chi connectivity index (χ4n) is 3.36. The molecule has 2 N–H and O–H groups in total. The molecule has 25 heavy (non-hydrogen) atoms. The first kappa shape index (κ1) is 17.4. The summed E-state index contributed by atoms with van der Waals surface area (Å²) in [6.45, 7) is 1.91. The van der Waals surface area contributed by atoms with E-state index in [2.05, 4.69) is 0 Å². The predicted octanol–water partition coefficient (Wildman–Crippen LogP) is 4.49. The van der Waals surface area contributed by atoms with Gasteiger partial charge < -0.3 is 10.2 Å². The lowest BCUT2D eigenvalue weighted by Gasteiger charge is -2.38. The molecule has 3 aromatic rings. The summed E-state index contributed by atoms with van der Waals surface area (Å²) in [6.07, 6.45) is -0.307. The average Bonchev–Trinajstić information content (AvgIpc) is 2.69. The molecule has 0 aromatic heterocycles. The maximum Gasteiger partial charge on any atom is 0.0990 e. The van der Waals surface area contributed by atoms with E-state index in [1.807, 2.05) is 97.9 Å². The molecule has 0 amide bonds. The van der Waals surface area contributed by atoms with Crippen molar-refractivity contribution in [3.8, 4) is 0 Å². The zero-order valence-corrected chi connectivity index (χ0v) is 14.4. The largest absolute Gasteiger partial charge is 0.388 e. The topological polar surface area (TPSA) is 40.5 Å². The van der Waals surface area contributed by atoms with Gasteiger partial charge in [-0.25, -0.2) is 0 Å². The lowest BCUT2D eigenvalue weighted by molar-refractivity contribution is -0.0707. The van der Waals surface area contributed by atoms with Crippen LogP contribution >= 0.6 is 0 Å². The monoisotopic (exact) mass is 332 g/mol. The van der Waals surface area contributed by atoms with E-state index in [0.29, 0.717) is 6.42 Å². The van der Waals surface area contributed by atoms with Gasteiger partial charge >= 0.3 is 0 Å². The molecule has 0 aliphatic carbocycles. The highest BCUT2D eigenvalue weighted by Gasteiger charge is 2.40. The van der Waals surface area contributed by atoms with E-state index in [9.17, 15) is 10.2 Å². The number of aliphatic hydroxyl groups is 2. The van der Waals surface area contributed by atoms with Gasteiger partial charge in [-0.3, -0.25) is 0 Å². The minimum Gasteiger partial charge on any atom is -0.388 e. The van der Waals surface area contributed by atoms with Gasteiger partial charge in [-0.15, -0.1) is 0 Å². The van der Waals surface area contributed by atoms with Gasteiger partial charge in [-0.1, -0.05) is 97.9 Å². The van der Waals surface area contributed by atoms with Gasteiger partial charge in [0.2, 0.25) is 0 Å². The molecule has 2 nitrogen and oxygen atoms in total. The number of rotatable bonds is 6. The molecule has 0 saturated heterocycles. The summed E-state index contributed by atoms with van der Waals surface area (Å²) >= 11 is 0. The van der Waals surface area contributed by atoms with Gasteiger partial charge in [-0.2, -0.15) is 0 Å². The highest BCUT2D eigenvalue weighted by atomic mass is 16.3. The van der Waals surface area contributed by atoms with Crippen LogP contribution in [0.25, 0.3) is 0 Å². The Morgan fingerprint density at radius 1 is 0.760 bits per heavy atom. The van der Waals surface area contributed by atoms with Crippen molar-refractivity contribution in [1.82, 2.24) is 0 Å². The van der Waals surface area contributed by atoms with Crippen molar-refractivity contribution < 1.29 is 10.2 Å². The molecule has 0 fully saturated rings. The zero-order valence-electron chi connectivity index (χ0n) is 14.4. The minimum atomic E-state index is -1.17. The van der Waals surface area contributed by atoms with Crippen LogP contribution in [-0.2, 0) is 12.0 Å². The molecule has 0 spiro atoms. The lowest BCUT2D eigenvalue weighted by atomic mass is 9.74. The van der Waals surface area contributed by atoms with Crippen molar-refractivity contribution in [2.75, 3.05) is 0 Å². The van der Waals surface area contributed by atoms with Gasteiger partial charge in [0, 0.05) is 12.3 Å². The molecule has 0 heterocycles. The third-order valence-corrected chi connectivity index (χ3v) is 4.96. The Bertz CT molecular complexity index is 771. The lowest BCUT2D eigenvalue weighted by Crippen LogP contribution is -2.39. The number of aliphatic hydroxyl groups excluding tert-OH is 1. The van der Waals surface area contributed by atoms with Crippen LogP contribution in [0, 0.1) is 5.92 Å². The van der Waals surface area contributed by atoms with Crippen LogP contribution in [0.2, 0.25) is 0 Å². The number of hydrogen-bond acceptors (Lipinski definition) is 2. The second kappa shape index (κ2) is 7.64. The second-order valence-corrected chi connectivity index (χ2v) is 6.60. The quantitative estimate of drug-likeness (QED) is 0.698. The molecule has 0 bridgehead atoms. The van der Waals surface area contributed by atoms with Crippen LogP contribution in [0.3, 0.4) is 0 Å². The third kappa shape index (κ3) is 3.81.